The SMILES string of the molecule is COc1cc(Nc2nc(-c3cnc4c(c3)CCCO4)cn3ccnc23)ccc1OC1COC1. The maximum atomic E-state index is 5.93. The van der Waals surface area contributed by atoms with Crippen molar-refractivity contribution in [3.8, 4) is 28.6 Å². The molecule has 6 rings (SSSR count). The van der Waals surface area contributed by atoms with E-state index < -0.39 is 0 Å². The Hall–Kier alpha value is -3.85. The van der Waals surface area contributed by atoms with Crippen molar-refractivity contribution in [2.24, 2.45) is 0 Å². The summed E-state index contributed by atoms with van der Waals surface area (Å²) in [5, 5.41) is 3.39. The number of hydrogen-bond acceptors (Lipinski definition) is 8. The van der Waals surface area contributed by atoms with Crippen molar-refractivity contribution < 1.29 is 18.9 Å². The van der Waals surface area contributed by atoms with Gasteiger partial charge in [-0.05, 0) is 31.0 Å². The van der Waals surface area contributed by atoms with Gasteiger partial charge in [0.25, 0.3) is 0 Å². The van der Waals surface area contributed by atoms with E-state index >= 15 is 0 Å². The summed E-state index contributed by atoms with van der Waals surface area (Å²) >= 11 is 0. The second-order valence-corrected chi connectivity index (χ2v) is 8.04. The minimum atomic E-state index is 0.0660. The fraction of sp³-hybridized carbons (Fsp3) is 0.292. The average Bonchev–Trinajstić information content (AvgIpc) is 3.31. The van der Waals surface area contributed by atoms with Gasteiger partial charge >= 0.3 is 0 Å². The predicted molar refractivity (Wildman–Crippen MR) is 122 cm³/mol. The third kappa shape index (κ3) is 3.80. The molecule has 2 aliphatic heterocycles. The number of nitrogens with one attached hydrogen (secondary N) is 1. The van der Waals surface area contributed by atoms with E-state index in [9.17, 15) is 0 Å². The lowest BCUT2D eigenvalue weighted by molar-refractivity contribution is -0.0803. The van der Waals surface area contributed by atoms with Gasteiger partial charge in [0, 0.05) is 47.7 Å². The molecule has 9 nitrogen and oxygen atoms in total. The molecule has 0 radical (unpaired) electrons. The van der Waals surface area contributed by atoms with E-state index in [-0.39, 0.29) is 6.10 Å². The third-order valence-corrected chi connectivity index (χ3v) is 5.75. The molecule has 0 saturated carbocycles. The highest BCUT2D eigenvalue weighted by Gasteiger charge is 2.22. The highest BCUT2D eigenvalue weighted by molar-refractivity contribution is 5.74. The first-order chi connectivity index (χ1) is 16.3. The first-order valence-electron chi connectivity index (χ1n) is 10.9. The Morgan fingerprint density at radius 2 is 2.09 bits per heavy atom. The number of pyridine rings is 1. The molecule has 1 saturated heterocycles. The van der Waals surface area contributed by atoms with Gasteiger partial charge in [-0.25, -0.2) is 15.0 Å². The molecular weight excluding hydrogens is 422 g/mol. The van der Waals surface area contributed by atoms with Gasteiger partial charge in [0.1, 0.15) is 6.10 Å². The van der Waals surface area contributed by atoms with Gasteiger partial charge in [0.05, 0.1) is 32.6 Å². The van der Waals surface area contributed by atoms with Gasteiger partial charge in [-0.1, -0.05) is 0 Å². The summed E-state index contributed by atoms with van der Waals surface area (Å²) in [5.74, 6) is 2.68. The van der Waals surface area contributed by atoms with Crippen molar-refractivity contribution in [3.05, 3.63) is 54.6 Å². The van der Waals surface area contributed by atoms with Crippen molar-refractivity contribution in [2.75, 3.05) is 32.2 Å². The van der Waals surface area contributed by atoms with Crippen LogP contribution < -0.4 is 19.5 Å². The molecule has 1 fully saturated rings. The normalized spacial score (nSPS) is 15.4. The summed E-state index contributed by atoms with van der Waals surface area (Å²) < 4.78 is 24.3. The molecule has 33 heavy (non-hydrogen) atoms. The smallest absolute Gasteiger partial charge is 0.216 e. The fourth-order valence-corrected chi connectivity index (χ4v) is 3.97. The zero-order chi connectivity index (χ0) is 22.2. The number of aromatic nitrogens is 4. The van der Waals surface area contributed by atoms with Crippen LogP contribution in [0.25, 0.3) is 16.9 Å². The van der Waals surface area contributed by atoms with E-state index in [1.54, 1.807) is 19.5 Å². The van der Waals surface area contributed by atoms with E-state index in [2.05, 4.69) is 21.4 Å². The van der Waals surface area contributed by atoms with Crippen molar-refractivity contribution in [3.63, 3.8) is 0 Å². The Labute approximate surface area is 190 Å². The highest BCUT2D eigenvalue weighted by Crippen LogP contribution is 2.34. The van der Waals surface area contributed by atoms with E-state index in [1.807, 2.05) is 35.0 Å². The number of fused-ring (bicyclic) bond motifs is 2. The van der Waals surface area contributed by atoms with Crippen molar-refractivity contribution in [1.29, 1.82) is 0 Å². The van der Waals surface area contributed by atoms with Crippen LogP contribution in [-0.4, -0.2) is 52.4 Å². The number of benzene rings is 1. The zero-order valence-electron chi connectivity index (χ0n) is 18.2. The van der Waals surface area contributed by atoms with Gasteiger partial charge in [-0.15, -0.1) is 0 Å². The highest BCUT2D eigenvalue weighted by atomic mass is 16.6. The summed E-state index contributed by atoms with van der Waals surface area (Å²) in [7, 11) is 1.63. The molecule has 1 N–H and O–H groups in total. The molecular formula is C24H23N5O4. The van der Waals surface area contributed by atoms with Crippen molar-refractivity contribution in [2.45, 2.75) is 18.9 Å². The lowest BCUT2D eigenvalue weighted by Gasteiger charge is -2.27. The summed E-state index contributed by atoms with van der Waals surface area (Å²) in [5.41, 5.74) is 4.37. The summed E-state index contributed by atoms with van der Waals surface area (Å²) in [6, 6.07) is 7.82. The van der Waals surface area contributed by atoms with Crippen LogP contribution in [-0.2, 0) is 11.2 Å². The van der Waals surface area contributed by atoms with Crippen LogP contribution in [0.3, 0.4) is 0 Å². The summed E-state index contributed by atoms with van der Waals surface area (Å²) in [6.45, 7) is 1.91. The fourth-order valence-electron chi connectivity index (χ4n) is 3.97. The molecule has 5 heterocycles. The van der Waals surface area contributed by atoms with Crippen LogP contribution >= 0.6 is 0 Å². The van der Waals surface area contributed by atoms with E-state index in [0.29, 0.717) is 37.1 Å². The number of nitrogens with zero attached hydrogens (tertiary/aromatic N) is 4. The maximum absolute atomic E-state index is 5.93. The molecule has 0 unspecified atom stereocenters. The number of aryl methyl sites for hydroxylation is 1. The second kappa shape index (κ2) is 8.25. The molecule has 2 aliphatic rings. The van der Waals surface area contributed by atoms with Gasteiger partial charge in [0.2, 0.25) is 5.88 Å². The summed E-state index contributed by atoms with van der Waals surface area (Å²) in [4.78, 5) is 13.8. The first kappa shape index (κ1) is 19.8. The van der Waals surface area contributed by atoms with Crippen molar-refractivity contribution >= 4 is 17.2 Å². The minimum absolute atomic E-state index is 0.0660. The van der Waals surface area contributed by atoms with Gasteiger partial charge in [0.15, 0.2) is 23.0 Å². The standard InChI is InChI=1S/C24H23N5O4/c1-30-21-10-17(4-5-20(21)33-18-13-31-14-18)27-22-23-25-6-7-29(23)12-19(28-22)16-9-15-3-2-8-32-24(15)26-11-16/h4-7,9-12,18H,2-3,8,13-14H2,1H3,(H,27,28). The van der Waals surface area contributed by atoms with Gasteiger partial charge in [-0.3, -0.25) is 0 Å². The predicted octanol–water partition coefficient (Wildman–Crippen LogP) is 3.65. The number of imidazole rings is 1. The molecule has 0 atom stereocenters. The van der Waals surface area contributed by atoms with Crippen LogP contribution in [0.5, 0.6) is 17.4 Å². The molecule has 0 amide bonds. The molecule has 0 aliphatic carbocycles. The quantitative estimate of drug-likeness (QED) is 0.481. The molecule has 168 valence electrons. The molecule has 0 bridgehead atoms. The monoisotopic (exact) mass is 445 g/mol. The number of methoxy groups -OCH3 is 1. The number of anilines is 2. The van der Waals surface area contributed by atoms with Crippen LogP contribution in [0.1, 0.15) is 12.0 Å². The second-order valence-electron chi connectivity index (χ2n) is 8.04. The Morgan fingerprint density at radius 1 is 1.15 bits per heavy atom. The largest absolute Gasteiger partial charge is 0.493 e. The van der Waals surface area contributed by atoms with E-state index in [1.165, 1.54) is 0 Å². The number of hydrogen-bond donors (Lipinski definition) is 1. The van der Waals surface area contributed by atoms with Crippen LogP contribution in [0.2, 0.25) is 0 Å². The van der Waals surface area contributed by atoms with Gasteiger partial charge < -0.3 is 28.7 Å². The Bertz CT molecular complexity index is 1320. The van der Waals surface area contributed by atoms with Crippen LogP contribution in [0.4, 0.5) is 11.5 Å². The molecule has 3 aromatic heterocycles. The van der Waals surface area contributed by atoms with Crippen LogP contribution in [0, 0.1) is 0 Å². The first-order valence-corrected chi connectivity index (χ1v) is 10.9. The topological polar surface area (TPSA) is 92.0 Å². The minimum Gasteiger partial charge on any atom is -0.493 e. The Morgan fingerprint density at radius 3 is 2.94 bits per heavy atom. The van der Waals surface area contributed by atoms with E-state index in [0.717, 1.165) is 46.9 Å². The Kier molecular flexibility index (Phi) is 4.95. The molecule has 9 heteroatoms. The number of ether oxygens (including phenoxy) is 4. The van der Waals surface area contributed by atoms with E-state index in [4.69, 9.17) is 23.9 Å². The van der Waals surface area contributed by atoms with Gasteiger partial charge in [-0.2, -0.15) is 0 Å². The average molecular weight is 445 g/mol. The lowest BCUT2D eigenvalue weighted by atomic mass is 10.1. The van der Waals surface area contributed by atoms with Crippen LogP contribution in [0.15, 0.2) is 49.1 Å². The summed E-state index contributed by atoms with van der Waals surface area (Å²) in [6.07, 6.45) is 9.43. The zero-order valence-corrected chi connectivity index (χ0v) is 18.2. The molecule has 4 aromatic rings. The molecule has 0 spiro atoms. The third-order valence-electron chi connectivity index (χ3n) is 5.75. The molecule has 1 aromatic carbocycles. The van der Waals surface area contributed by atoms with Crippen molar-refractivity contribution in [1.82, 2.24) is 19.4 Å². The lowest BCUT2D eigenvalue weighted by Crippen LogP contribution is -2.38. The maximum Gasteiger partial charge on any atom is 0.216 e. The number of rotatable bonds is 6. The Balaban J connectivity index is 1.34.